The Hall–Kier alpha value is -2.74. The van der Waals surface area contributed by atoms with Gasteiger partial charge in [-0.25, -0.2) is 13.8 Å². The molecule has 1 aliphatic heterocycles. The summed E-state index contributed by atoms with van der Waals surface area (Å²) >= 11 is 1.26. The van der Waals surface area contributed by atoms with E-state index in [1.54, 1.807) is 4.90 Å². The Morgan fingerprint density at radius 2 is 1.93 bits per heavy atom. The summed E-state index contributed by atoms with van der Waals surface area (Å²) in [4.78, 5) is 31.7. The smallest absolute Gasteiger partial charge is 0.242 e. The van der Waals surface area contributed by atoms with Gasteiger partial charge in [0.2, 0.25) is 11.8 Å². The first-order valence-corrected chi connectivity index (χ1v) is 10.6. The SMILES string of the molecule is Cc1ccc(N=C2SC(CC(=O)Nc3ccc(F)cc3F)C(=O)N2C2CC2)cc1C. The van der Waals surface area contributed by atoms with E-state index in [-0.39, 0.29) is 24.1 Å². The highest BCUT2D eigenvalue weighted by molar-refractivity contribution is 8.15. The number of hydrogen-bond acceptors (Lipinski definition) is 4. The fourth-order valence-electron chi connectivity index (χ4n) is 3.23. The van der Waals surface area contributed by atoms with Crippen LogP contribution in [-0.2, 0) is 9.59 Å². The Kier molecular flexibility index (Phi) is 5.60. The summed E-state index contributed by atoms with van der Waals surface area (Å²) in [6, 6.07) is 8.91. The van der Waals surface area contributed by atoms with Gasteiger partial charge in [0, 0.05) is 18.5 Å². The van der Waals surface area contributed by atoms with E-state index in [9.17, 15) is 18.4 Å². The summed E-state index contributed by atoms with van der Waals surface area (Å²) in [6.07, 6.45) is 1.71. The highest BCUT2D eigenvalue weighted by Gasteiger charge is 2.46. The standard InChI is InChI=1S/C22H21F2N3O2S/c1-12-3-5-15(9-13(12)2)25-22-27(16-6-7-16)21(29)19(30-22)11-20(28)26-18-8-4-14(23)10-17(18)24/h3-5,8-10,16,19H,6-7,11H2,1-2H3,(H,26,28). The van der Waals surface area contributed by atoms with E-state index in [1.165, 1.54) is 11.8 Å². The van der Waals surface area contributed by atoms with Gasteiger partial charge in [-0.1, -0.05) is 17.8 Å². The zero-order valence-electron chi connectivity index (χ0n) is 16.6. The van der Waals surface area contributed by atoms with Gasteiger partial charge in [-0.05, 0) is 62.1 Å². The molecule has 0 spiro atoms. The third kappa shape index (κ3) is 4.38. The number of aliphatic imine (C=N–C) groups is 1. The molecule has 2 aliphatic rings. The molecule has 1 atom stereocenters. The minimum Gasteiger partial charge on any atom is -0.324 e. The summed E-state index contributed by atoms with van der Waals surface area (Å²) in [6.45, 7) is 4.03. The van der Waals surface area contributed by atoms with Gasteiger partial charge in [-0.2, -0.15) is 0 Å². The van der Waals surface area contributed by atoms with Crippen LogP contribution in [0.5, 0.6) is 0 Å². The van der Waals surface area contributed by atoms with Gasteiger partial charge in [0.25, 0.3) is 0 Å². The number of nitrogens with one attached hydrogen (secondary N) is 1. The van der Waals surface area contributed by atoms with Crippen molar-refractivity contribution >= 4 is 40.1 Å². The zero-order chi connectivity index (χ0) is 21.4. The van der Waals surface area contributed by atoms with Crippen LogP contribution in [-0.4, -0.2) is 33.2 Å². The number of amides is 2. The van der Waals surface area contributed by atoms with Gasteiger partial charge in [0.1, 0.15) is 16.9 Å². The molecular formula is C22H21F2N3O2S. The van der Waals surface area contributed by atoms with Gasteiger partial charge in [-0.3, -0.25) is 14.5 Å². The number of hydrogen-bond donors (Lipinski definition) is 1. The van der Waals surface area contributed by atoms with Crippen molar-refractivity contribution in [3.8, 4) is 0 Å². The van der Waals surface area contributed by atoms with Gasteiger partial charge in [0.15, 0.2) is 5.17 Å². The molecule has 8 heteroatoms. The van der Waals surface area contributed by atoms with Crippen LogP contribution in [0, 0.1) is 25.5 Å². The van der Waals surface area contributed by atoms with Crippen LogP contribution in [0.4, 0.5) is 20.2 Å². The first kappa shape index (κ1) is 20.5. The van der Waals surface area contributed by atoms with Crippen LogP contribution in [0.25, 0.3) is 0 Å². The fourth-order valence-corrected chi connectivity index (χ4v) is 4.44. The third-order valence-electron chi connectivity index (χ3n) is 5.17. The van der Waals surface area contributed by atoms with E-state index in [1.807, 2.05) is 32.0 Å². The number of amidine groups is 1. The molecule has 0 aromatic heterocycles. The van der Waals surface area contributed by atoms with Crippen LogP contribution in [0.1, 0.15) is 30.4 Å². The maximum atomic E-state index is 13.8. The minimum absolute atomic E-state index is 0.111. The second kappa shape index (κ2) is 8.18. The van der Waals surface area contributed by atoms with E-state index < -0.39 is 22.8 Å². The Bertz CT molecular complexity index is 1050. The topological polar surface area (TPSA) is 61.8 Å². The lowest BCUT2D eigenvalue weighted by Gasteiger charge is -2.15. The van der Waals surface area contributed by atoms with Crippen LogP contribution < -0.4 is 5.32 Å². The van der Waals surface area contributed by atoms with E-state index in [2.05, 4.69) is 10.3 Å². The van der Waals surface area contributed by atoms with Gasteiger partial charge in [-0.15, -0.1) is 0 Å². The quantitative estimate of drug-likeness (QED) is 0.749. The number of carbonyl (C=O) groups excluding carboxylic acids is 2. The Morgan fingerprint density at radius 3 is 2.60 bits per heavy atom. The molecule has 5 nitrogen and oxygen atoms in total. The van der Waals surface area contributed by atoms with E-state index >= 15 is 0 Å². The van der Waals surface area contributed by atoms with Crippen molar-refractivity contribution in [2.45, 2.75) is 44.4 Å². The molecule has 2 fully saturated rings. The molecule has 1 unspecified atom stereocenters. The summed E-state index contributed by atoms with van der Waals surface area (Å²) < 4.78 is 26.8. The molecule has 1 saturated carbocycles. The Labute approximate surface area is 177 Å². The molecule has 30 heavy (non-hydrogen) atoms. The zero-order valence-corrected chi connectivity index (χ0v) is 17.4. The molecule has 156 valence electrons. The van der Waals surface area contributed by atoms with Gasteiger partial charge in [0.05, 0.1) is 11.4 Å². The Balaban J connectivity index is 1.50. The third-order valence-corrected chi connectivity index (χ3v) is 6.32. The summed E-state index contributed by atoms with van der Waals surface area (Å²) in [5, 5.41) is 2.39. The van der Waals surface area contributed by atoms with E-state index in [4.69, 9.17) is 0 Å². The number of benzene rings is 2. The number of rotatable bonds is 5. The molecule has 1 saturated heterocycles. The average molecular weight is 429 g/mol. The lowest BCUT2D eigenvalue weighted by Crippen LogP contribution is -2.35. The molecule has 2 aromatic carbocycles. The van der Waals surface area contributed by atoms with Crippen LogP contribution >= 0.6 is 11.8 Å². The maximum absolute atomic E-state index is 13.8. The number of halogens is 2. The predicted octanol–water partition coefficient (Wildman–Crippen LogP) is 4.70. The average Bonchev–Trinajstić information content (AvgIpc) is 3.47. The normalized spacial score (nSPS) is 20.1. The molecule has 0 bridgehead atoms. The predicted molar refractivity (Wildman–Crippen MR) is 114 cm³/mol. The van der Waals surface area contributed by atoms with Crippen LogP contribution in [0.15, 0.2) is 41.4 Å². The lowest BCUT2D eigenvalue weighted by atomic mass is 10.1. The molecule has 1 heterocycles. The number of thioether (sulfide) groups is 1. The summed E-state index contributed by atoms with van der Waals surface area (Å²) in [7, 11) is 0. The molecule has 0 radical (unpaired) electrons. The van der Waals surface area contributed by atoms with Crippen molar-refractivity contribution in [1.29, 1.82) is 0 Å². The highest BCUT2D eigenvalue weighted by atomic mass is 32.2. The summed E-state index contributed by atoms with van der Waals surface area (Å²) in [5.41, 5.74) is 2.93. The minimum atomic E-state index is -0.856. The second-order valence-electron chi connectivity index (χ2n) is 7.59. The maximum Gasteiger partial charge on any atom is 0.242 e. The molecule has 2 aromatic rings. The van der Waals surface area contributed by atoms with Gasteiger partial charge < -0.3 is 5.32 Å². The van der Waals surface area contributed by atoms with Crippen LogP contribution in [0.3, 0.4) is 0 Å². The molecular weight excluding hydrogens is 408 g/mol. The molecule has 1 aliphatic carbocycles. The van der Waals surface area contributed by atoms with Crippen LogP contribution in [0.2, 0.25) is 0 Å². The highest BCUT2D eigenvalue weighted by Crippen LogP contribution is 2.39. The van der Waals surface area contributed by atoms with Crippen molar-refractivity contribution in [3.63, 3.8) is 0 Å². The van der Waals surface area contributed by atoms with Gasteiger partial charge >= 0.3 is 0 Å². The number of carbonyl (C=O) groups is 2. The monoisotopic (exact) mass is 429 g/mol. The number of anilines is 1. The van der Waals surface area contributed by atoms with E-state index in [0.29, 0.717) is 11.2 Å². The molecule has 2 amide bonds. The van der Waals surface area contributed by atoms with Crippen molar-refractivity contribution in [2.75, 3.05) is 5.32 Å². The largest absolute Gasteiger partial charge is 0.324 e. The van der Waals surface area contributed by atoms with Crippen molar-refractivity contribution in [3.05, 3.63) is 59.2 Å². The molecule has 4 rings (SSSR count). The lowest BCUT2D eigenvalue weighted by molar-refractivity contribution is -0.128. The molecule has 1 N–H and O–H groups in total. The first-order chi connectivity index (χ1) is 14.3. The van der Waals surface area contributed by atoms with Crippen molar-refractivity contribution < 1.29 is 18.4 Å². The van der Waals surface area contributed by atoms with E-state index in [0.717, 1.165) is 41.8 Å². The first-order valence-electron chi connectivity index (χ1n) is 9.72. The number of aryl methyl sites for hydroxylation is 2. The second-order valence-corrected chi connectivity index (χ2v) is 8.76. The Morgan fingerprint density at radius 1 is 1.17 bits per heavy atom. The van der Waals surface area contributed by atoms with Crippen molar-refractivity contribution in [2.24, 2.45) is 4.99 Å². The fraction of sp³-hybridized carbons (Fsp3) is 0.318. The van der Waals surface area contributed by atoms with Crippen molar-refractivity contribution in [1.82, 2.24) is 4.90 Å². The number of nitrogens with zero attached hydrogens (tertiary/aromatic N) is 2. The summed E-state index contributed by atoms with van der Waals surface area (Å²) in [5.74, 6) is -2.24.